The monoisotopic (exact) mass is 243 g/mol. The van der Waals surface area contributed by atoms with Crippen LogP contribution in [0, 0.1) is 10.1 Å². The lowest BCUT2D eigenvalue weighted by atomic mass is 10.1. The van der Waals surface area contributed by atoms with Gasteiger partial charge in [0.05, 0.1) is 0 Å². The van der Waals surface area contributed by atoms with E-state index in [9.17, 15) is 10.1 Å². The third kappa shape index (κ3) is 14.9. The van der Waals surface area contributed by atoms with Crippen LogP contribution >= 0.6 is 0 Å². The van der Waals surface area contributed by atoms with Crippen LogP contribution in [0.3, 0.4) is 0 Å². The van der Waals surface area contributed by atoms with Gasteiger partial charge in [0.2, 0.25) is 0 Å². The molecule has 0 unspecified atom stereocenters. The van der Waals surface area contributed by atoms with E-state index < -0.39 is 5.09 Å². The minimum atomic E-state index is -0.763. The maximum absolute atomic E-state index is 9.83. The van der Waals surface area contributed by atoms with E-state index in [-0.39, 0.29) is 6.61 Å². The van der Waals surface area contributed by atoms with Gasteiger partial charge in [-0.05, 0) is 12.8 Å². The average Bonchev–Trinajstić information content (AvgIpc) is 2.30. The predicted octanol–water partition coefficient (Wildman–Crippen LogP) is 4.28. The van der Waals surface area contributed by atoms with Gasteiger partial charge in [-0.3, -0.25) is 0 Å². The number of unbranched alkanes of at least 4 members (excludes halogenated alkanes) is 8. The Kier molecular flexibility index (Phi) is 12.2. The quantitative estimate of drug-likeness (QED) is 0.222. The molecular weight excluding hydrogens is 218 g/mol. The summed E-state index contributed by atoms with van der Waals surface area (Å²) < 4.78 is 0. The largest absolute Gasteiger partial charge is 0.310 e. The smallest absolute Gasteiger partial charge is 0.294 e. The van der Waals surface area contributed by atoms with E-state index in [1.54, 1.807) is 6.08 Å². The molecule has 0 atom stereocenters. The van der Waals surface area contributed by atoms with Crippen molar-refractivity contribution in [2.75, 3.05) is 6.61 Å². The first kappa shape index (κ1) is 15.9. The van der Waals surface area contributed by atoms with Crippen molar-refractivity contribution in [1.82, 2.24) is 0 Å². The van der Waals surface area contributed by atoms with Gasteiger partial charge < -0.3 is 4.84 Å². The van der Waals surface area contributed by atoms with Crippen LogP contribution in [0.15, 0.2) is 12.2 Å². The summed E-state index contributed by atoms with van der Waals surface area (Å²) in [6.07, 6.45) is 15.1. The molecule has 0 saturated heterocycles. The molecule has 4 nitrogen and oxygen atoms in total. The number of rotatable bonds is 12. The van der Waals surface area contributed by atoms with Crippen molar-refractivity contribution in [2.45, 2.75) is 64.7 Å². The summed E-state index contributed by atoms with van der Waals surface area (Å²) in [4.78, 5) is 14.0. The molecular formula is C13H25NO3. The highest BCUT2D eigenvalue weighted by atomic mass is 16.9. The van der Waals surface area contributed by atoms with E-state index in [0.29, 0.717) is 0 Å². The summed E-state index contributed by atoms with van der Waals surface area (Å²) in [5.41, 5.74) is 0. The Morgan fingerprint density at radius 2 is 1.59 bits per heavy atom. The van der Waals surface area contributed by atoms with E-state index in [4.69, 9.17) is 0 Å². The van der Waals surface area contributed by atoms with Gasteiger partial charge >= 0.3 is 0 Å². The van der Waals surface area contributed by atoms with Gasteiger partial charge in [-0.2, -0.15) is 0 Å². The van der Waals surface area contributed by atoms with Gasteiger partial charge in [0.25, 0.3) is 5.09 Å². The maximum Gasteiger partial charge on any atom is 0.294 e. The standard InChI is InChI=1S/C13H25NO3/c1-2-3-4-5-6-7-8-9-10-11-12-13-17-14(15)16/h11-12H,2-10,13H2,1H3. The normalized spacial score (nSPS) is 10.9. The molecule has 4 heteroatoms. The van der Waals surface area contributed by atoms with Crippen LogP contribution in [0.1, 0.15) is 64.7 Å². The molecule has 100 valence electrons. The lowest BCUT2D eigenvalue weighted by molar-refractivity contribution is -0.755. The first-order valence-corrected chi connectivity index (χ1v) is 6.69. The zero-order valence-electron chi connectivity index (χ0n) is 10.9. The molecule has 0 aliphatic rings. The second kappa shape index (κ2) is 13.0. The Balaban J connectivity index is 3.05. The number of allylic oxidation sites excluding steroid dienone is 1. The van der Waals surface area contributed by atoms with Crippen LogP contribution in [0.2, 0.25) is 0 Å². The predicted molar refractivity (Wildman–Crippen MR) is 69.3 cm³/mol. The van der Waals surface area contributed by atoms with Crippen LogP contribution in [0.5, 0.6) is 0 Å². The van der Waals surface area contributed by atoms with Crippen molar-refractivity contribution in [3.8, 4) is 0 Å². The van der Waals surface area contributed by atoms with Crippen molar-refractivity contribution in [3.63, 3.8) is 0 Å². The van der Waals surface area contributed by atoms with Gasteiger partial charge in [-0.1, -0.05) is 64.0 Å². The summed E-state index contributed by atoms with van der Waals surface area (Å²) in [5.74, 6) is 0. The molecule has 0 rings (SSSR count). The van der Waals surface area contributed by atoms with Gasteiger partial charge in [0.1, 0.15) is 6.61 Å². The molecule has 0 aromatic heterocycles. The van der Waals surface area contributed by atoms with E-state index in [1.807, 2.05) is 6.08 Å². The topological polar surface area (TPSA) is 52.4 Å². The van der Waals surface area contributed by atoms with E-state index in [1.165, 1.54) is 51.4 Å². The fourth-order valence-electron chi connectivity index (χ4n) is 1.69. The number of nitrogens with zero attached hydrogens (tertiary/aromatic N) is 1. The van der Waals surface area contributed by atoms with Crippen LogP contribution in [0.25, 0.3) is 0 Å². The third-order valence-electron chi connectivity index (χ3n) is 2.67. The summed E-state index contributed by atoms with van der Waals surface area (Å²) in [6.45, 7) is 2.30. The Hall–Kier alpha value is -1.06. The number of hydrogen-bond donors (Lipinski definition) is 0. The van der Waals surface area contributed by atoms with E-state index in [2.05, 4.69) is 11.8 Å². The fourth-order valence-corrected chi connectivity index (χ4v) is 1.69. The highest BCUT2D eigenvalue weighted by Gasteiger charge is 1.91. The Bertz CT molecular complexity index is 205. The summed E-state index contributed by atoms with van der Waals surface area (Å²) in [5, 5.41) is 9.07. The molecule has 0 aromatic carbocycles. The summed E-state index contributed by atoms with van der Waals surface area (Å²) in [7, 11) is 0. The molecule has 0 saturated carbocycles. The van der Waals surface area contributed by atoms with Gasteiger partial charge in [-0.25, -0.2) is 0 Å². The first-order valence-electron chi connectivity index (χ1n) is 6.69. The minimum absolute atomic E-state index is 0.0734. The molecule has 0 radical (unpaired) electrons. The van der Waals surface area contributed by atoms with Gasteiger partial charge in [-0.15, -0.1) is 10.1 Å². The SMILES string of the molecule is CCCCCCCCCCC=CCO[N+](=O)[O-]. The zero-order valence-corrected chi connectivity index (χ0v) is 10.9. The summed E-state index contributed by atoms with van der Waals surface area (Å²) in [6, 6.07) is 0. The Labute approximate surface area is 104 Å². The third-order valence-corrected chi connectivity index (χ3v) is 2.67. The van der Waals surface area contributed by atoms with E-state index >= 15 is 0 Å². The van der Waals surface area contributed by atoms with Gasteiger partial charge in [0.15, 0.2) is 0 Å². The molecule has 0 N–H and O–H groups in total. The molecule has 0 aliphatic heterocycles. The Morgan fingerprint density at radius 1 is 1.00 bits per heavy atom. The summed E-state index contributed by atoms with van der Waals surface area (Å²) >= 11 is 0. The van der Waals surface area contributed by atoms with Crippen molar-refractivity contribution < 1.29 is 9.92 Å². The fraction of sp³-hybridized carbons (Fsp3) is 0.846. The highest BCUT2D eigenvalue weighted by molar-refractivity contribution is 4.80. The average molecular weight is 243 g/mol. The van der Waals surface area contributed by atoms with Crippen LogP contribution < -0.4 is 0 Å². The van der Waals surface area contributed by atoms with Crippen molar-refractivity contribution in [2.24, 2.45) is 0 Å². The van der Waals surface area contributed by atoms with E-state index in [0.717, 1.165) is 6.42 Å². The molecule has 0 heterocycles. The minimum Gasteiger partial charge on any atom is -0.310 e. The van der Waals surface area contributed by atoms with Crippen LogP contribution in [-0.2, 0) is 4.84 Å². The Morgan fingerprint density at radius 3 is 2.18 bits per heavy atom. The molecule has 0 aromatic rings. The lowest BCUT2D eigenvalue weighted by Gasteiger charge is -1.99. The number of hydrogen-bond acceptors (Lipinski definition) is 3. The first-order chi connectivity index (χ1) is 8.27. The van der Waals surface area contributed by atoms with Crippen LogP contribution in [0.4, 0.5) is 0 Å². The molecule has 0 amide bonds. The van der Waals surface area contributed by atoms with Crippen molar-refractivity contribution in [1.29, 1.82) is 0 Å². The molecule has 0 fully saturated rings. The highest BCUT2D eigenvalue weighted by Crippen LogP contribution is 2.09. The maximum atomic E-state index is 9.83. The second-order valence-electron chi connectivity index (χ2n) is 4.25. The van der Waals surface area contributed by atoms with Crippen molar-refractivity contribution in [3.05, 3.63) is 22.3 Å². The molecule has 17 heavy (non-hydrogen) atoms. The van der Waals surface area contributed by atoms with Gasteiger partial charge in [0, 0.05) is 0 Å². The zero-order chi connectivity index (χ0) is 12.8. The molecule has 0 bridgehead atoms. The van der Waals surface area contributed by atoms with Crippen LogP contribution in [-0.4, -0.2) is 11.7 Å². The second-order valence-corrected chi connectivity index (χ2v) is 4.25. The van der Waals surface area contributed by atoms with Crippen molar-refractivity contribution >= 4 is 0 Å². The lowest BCUT2D eigenvalue weighted by Crippen LogP contribution is -1.99. The molecule has 0 aliphatic carbocycles. The molecule has 0 spiro atoms.